The van der Waals surface area contributed by atoms with Crippen LogP contribution in [0, 0.1) is 0 Å². The summed E-state index contributed by atoms with van der Waals surface area (Å²) < 4.78 is 43.0. The van der Waals surface area contributed by atoms with Crippen LogP contribution in [0.5, 0.6) is 0 Å². The van der Waals surface area contributed by atoms with Gasteiger partial charge in [0.25, 0.3) is 0 Å². The SMILES string of the molecule is COC1(C(F)(F)F)C=CC=C(CCS)C1. The zero-order valence-electron chi connectivity index (χ0n) is 8.34. The summed E-state index contributed by atoms with van der Waals surface area (Å²) >= 11 is 4.00. The Kier molecular flexibility index (Phi) is 3.89. The summed E-state index contributed by atoms with van der Waals surface area (Å²) in [6.07, 6.45) is 0.195. The van der Waals surface area contributed by atoms with Crippen LogP contribution in [0.4, 0.5) is 13.2 Å². The third-order valence-electron chi connectivity index (χ3n) is 2.46. The van der Waals surface area contributed by atoms with E-state index in [-0.39, 0.29) is 6.42 Å². The number of allylic oxidation sites excluding steroid dienone is 2. The van der Waals surface area contributed by atoms with Gasteiger partial charge in [-0.25, -0.2) is 0 Å². The number of hydrogen-bond acceptors (Lipinski definition) is 2. The monoisotopic (exact) mass is 238 g/mol. The number of rotatable bonds is 3. The molecule has 86 valence electrons. The lowest BCUT2D eigenvalue weighted by Gasteiger charge is -2.34. The third-order valence-corrected chi connectivity index (χ3v) is 2.69. The second-order valence-corrected chi connectivity index (χ2v) is 3.87. The van der Waals surface area contributed by atoms with Crippen LogP contribution in [0.1, 0.15) is 12.8 Å². The molecule has 0 N–H and O–H groups in total. The van der Waals surface area contributed by atoms with Crippen molar-refractivity contribution in [2.24, 2.45) is 0 Å². The normalized spacial score (nSPS) is 26.6. The average Bonchev–Trinajstić information content (AvgIpc) is 2.17. The second kappa shape index (κ2) is 4.61. The topological polar surface area (TPSA) is 9.23 Å². The Balaban J connectivity index is 2.89. The highest BCUT2D eigenvalue weighted by Crippen LogP contribution is 2.41. The summed E-state index contributed by atoms with van der Waals surface area (Å²) in [5, 5.41) is 0. The van der Waals surface area contributed by atoms with Crippen LogP contribution in [-0.4, -0.2) is 24.6 Å². The standard InChI is InChI=1S/C10H13F3OS/c1-14-9(10(11,12)13)5-2-3-8(7-9)4-6-15/h2-3,5,15H,4,6-7H2,1H3. The van der Waals surface area contributed by atoms with Gasteiger partial charge in [-0.2, -0.15) is 25.8 Å². The van der Waals surface area contributed by atoms with Crippen LogP contribution in [0.25, 0.3) is 0 Å². The molecule has 0 radical (unpaired) electrons. The molecule has 1 unspecified atom stereocenters. The van der Waals surface area contributed by atoms with Gasteiger partial charge >= 0.3 is 6.18 Å². The van der Waals surface area contributed by atoms with Crippen LogP contribution < -0.4 is 0 Å². The van der Waals surface area contributed by atoms with E-state index in [2.05, 4.69) is 17.4 Å². The van der Waals surface area contributed by atoms with Gasteiger partial charge in [0.2, 0.25) is 0 Å². The Morgan fingerprint density at radius 3 is 2.67 bits per heavy atom. The molecule has 0 saturated heterocycles. The third kappa shape index (κ3) is 2.58. The Morgan fingerprint density at radius 2 is 2.20 bits per heavy atom. The van der Waals surface area contributed by atoms with E-state index in [1.807, 2.05) is 0 Å². The average molecular weight is 238 g/mol. The van der Waals surface area contributed by atoms with Gasteiger partial charge in [-0.1, -0.05) is 17.7 Å². The predicted octanol–water partition coefficient (Wildman–Crippen LogP) is 3.14. The molecule has 0 aromatic rings. The van der Waals surface area contributed by atoms with Crippen LogP contribution in [0.2, 0.25) is 0 Å². The second-order valence-electron chi connectivity index (χ2n) is 3.43. The maximum absolute atomic E-state index is 12.8. The van der Waals surface area contributed by atoms with E-state index in [0.29, 0.717) is 17.7 Å². The highest BCUT2D eigenvalue weighted by molar-refractivity contribution is 7.80. The Hall–Kier alpha value is -0.420. The molecule has 1 aliphatic carbocycles. The number of ether oxygens (including phenoxy) is 1. The van der Waals surface area contributed by atoms with Crippen molar-refractivity contribution in [1.29, 1.82) is 0 Å². The van der Waals surface area contributed by atoms with E-state index in [1.54, 1.807) is 6.08 Å². The summed E-state index contributed by atoms with van der Waals surface area (Å²) in [6, 6.07) is 0. The van der Waals surface area contributed by atoms with Crippen molar-refractivity contribution < 1.29 is 17.9 Å². The fraction of sp³-hybridized carbons (Fsp3) is 0.600. The lowest BCUT2D eigenvalue weighted by Crippen LogP contribution is -2.46. The summed E-state index contributed by atoms with van der Waals surface area (Å²) in [6.45, 7) is 0. The van der Waals surface area contributed by atoms with E-state index in [1.165, 1.54) is 6.08 Å². The van der Waals surface area contributed by atoms with Crippen LogP contribution in [-0.2, 0) is 4.74 Å². The first kappa shape index (κ1) is 12.6. The molecule has 0 spiro atoms. The highest BCUT2D eigenvalue weighted by Gasteiger charge is 2.54. The van der Waals surface area contributed by atoms with Crippen molar-refractivity contribution in [3.8, 4) is 0 Å². The zero-order chi connectivity index (χ0) is 11.5. The fourth-order valence-corrected chi connectivity index (χ4v) is 1.85. The molecule has 0 bridgehead atoms. The van der Waals surface area contributed by atoms with Gasteiger partial charge in [-0.3, -0.25) is 0 Å². The number of alkyl halides is 3. The largest absolute Gasteiger partial charge is 0.421 e. The number of hydrogen-bond donors (Lipinski definition) is 1. The van der Waals surface area contributed by atoms with Gasteiger partial charge in [-0.15, -0.1) is 0 Å². The van der Waals surface area contributed by atoms with Crippen LogP contribution in [0.3, 0.4) is 0 Å². The first-order valence-corrected chi connectivity index (χ1v) is 5.18. The van der Waals surface area contributed by atoms with Gasteiger partial charge < -0.3 is 4.74 Å². The molecule has 0 heterocycles. The van der Waals surface area contributed by atoms with Gasteiger partial charge in [0.1, 0.15) is 0 Å². The molecular weight excluding hydrogens is 225 g/mol. The molecule has 0 saturated carbocycles. The minimum absolute atomic E-state index is 0.135. The van der Waals surface area contributed by atoms with Crippen molar-refractivity contribution >= 4 is 12.6 Å². The van der Waals surface area contributed by atoms with Gasteiger partial charge in [0.05, 0.1) is 0 Å². The molecule has 0 fully saturated rings. The smallest absolute Gasteiger partial charge is 0.364 e. The van der Waals surface area contributed by atoms with Crippen molar-refractivity contribution in [1.82, 2.24) is 0 Å². The summed E-state index contributed by atoms with van der Waals surface area (Å²) in [7, 11) is 1.08. The molecule has 1 aliphatic rings. The summed E-state index contributed by atoms with van der Waals surface area (Å²) in [5.41, 5.74) is -1.44. The summed E-state index contributed by atoms with van der Waals surface area (Å²) in [4.78, 5) is 0. The van der Waals surface area contributed by atoms with Gasteiger partial charge in [-0.05, 0) is 18.2 Å². The maximum Gasteiger partial charge on any atom is 0.421 e. The first-order valence-electron chi connectivity index (χ1n) is 4.55. The van der Waals surface area contributed by atoms with Gasteiger partial charge in [0.15, 0.2) is 5.60 Å². The highest BCUT2D eigenvalue weighted by atomic mass is 32.1. The molecule has 0 aromatic carbocycles. The Morgan fingerprint density at radius 1 is 1.53 bits per heavy atom. The molecule has 1 atom stereocenters. The predicted molar refractivity (Wildman–Crippen MR) is 56.1 cm³/mol. The maximum atomic E-state index is 12.8. The van der Waals surface area contributed by atoms with E-state index in [9.17, 15) is 13.2 Å². The summed E-state index contributed by atoms with van der Waals surface area (Å²) in [5.74, 6) is 0.539. The van der Waals surface area contributed by atoms with E-state index in [4.69, 9.17) is 0 Å². The lowest BCUT2D eigenvalue weighted by molar-refractivity contribution is -0.249. The molecule has 1 rings (SSSR count). The molecule has 0 aliphatic heterocycles. The van der Waals surface area contributed by atoms with E-state index >= 15 is 0 Å². The minimum atomic E-state index is -4.38. The van der Waals surface area contributed by atoms with Crippen LogP contribution >= 0.6 is 12.6 Å². The molecule has 5 heteroatoms. The Labute approximate surface area is 92.4 Å². The number of halogens is 3. The van der Waals surface area contributed by atoms with Crippen molar-refractivity contribution in [3.63, 3.8) is 0 Å². The molecular formula is C10H13F3OS. The fourth-order valence-electron chi connectivity index (χ4n) is 1.56. The quantitative estimate of drug-likeness (QED) is 0.743. The van der Waals surface area contributed by atoms with Crippen molar-refractivity contribution in [3.05, 3.63) is 23.8 Å². The van der Waals surface area contributed by atoms with E-state index < -0.39 is 11.8 Å². The van der Waals surface area contributed by atoms with E-state index in [0.717, 1.165) is 13.2 Å². The molecule has 1 nitrogen and oxygen atoms in total. The van der Waals surface area contributed by atoms with Crippen LogP contribution in [0.15, 0.2) is 23.8 Å². The first-order chi connectivity index (χ1) is 6.95. The molecule has 15 heavy (non-hydrogen) atoms. The number of methoxy groups -OCH3 is 1. The zero-order valence-corrected chi connectivity index (χ0v) is 9.24. The van der Waals surface area contributed by atoms with Crippen molar-refractivity contribution in [2.75, 3.05) is 12.9 Å². The minimum Gasteiger partial charge on any atom is -0.364 e. The molecule has 0 aromatic heterocycles. The van der Waals surface area contributed by atoms with Gasteiger partial charge in [0, 0.05) is 13.5 Å². The number of thiol groups is 1. The Bertz CT molecular complexity index is 283. The molecule has 0 amide bonds. The lowest BCUT2D eigenvalue weighted by atomic mass is 9.88. The van der Waals surface area contributed by atoms with Crippen molar-refractivity contribution in [2.45, 2.75) is 24.6 Å².